The lowest BCUT2D eigenvalue weighted by molar-refractivity contribution is 0.501. The van der Waals surface area contributed by atoms with Gasteiger partial charge in [-0.1, -0.05) is 23.6 Å². The SMILES string of the molecule is C#Cc1cccc(NC(c2ccco2)c2ccc(Cl)s2)c1. The van der Waals surface area contributed by atoms with Crippen molar-refractivity contribution in [3.63, 3.8) is 0 Å². The Kier molecular flexibility index (Phi) is 4.01. The maximum Gasteiger partial charge on any atom is 0.131 e. The van der Waals surface area contributed by atoms with E-state index in [0.717, 1.165) is 26.2 Å². The van der Waals surface area contributed by atoms with Gasteiger partial charge in [0.15, 0.2) is 0 Å². The molecule has 1 aromatic carbocycles. The molecule has 0 spiro atoms. The van der Waals surface area contributed by atoms with Gasteiger partial charge in [-0.25, -0.2) is 0 Å². The zero-order chi connectivity index (χ0) is 14.7. The molecule has 4 heteroatoms. The molecule has 0 aliphatic carbocycles. The van der Waals surface area contributed by atoms with E-state index in [1.165, 1.54) is 11.3 Å². The van der Waals surface area contributed by atoms with Crippen molar-refractivity contribution in [2.75, 3.05) is 5.32 Å². The summed E-state index contributed by atoms with van der Waals surface area (Å²) >= 11 is 7.58. The standard InChI is InChI=1S/C17H12ClNOS/c1-2-12-5-3-6-13(11-12)19-17(14-7-4-10-20-14)15-8-9-16(18)21-15/h1,3-11,17,19H. The van der Waals surface area contributed by atoms with Gasteiger partial charge in [-0.05, 0) is 42.5 Å². The Hall–Kier alpha value is -2.15. The van der Waals surface area contributed by atoms with E-state index < -0.39 is 0 Å². The molecule has 0 radical (unpaired) electrons. The van der Waals surface area contributed by atoms with E-state index in [1.807, 2.05) is 48.5 Å². The van der Waals surface area contributed by atoms with E-state index in [-0.39, 0.29) is 6.04 Å². The minimum absolute atomic E-state index is 0.0921. The molecule has 0 aliphatic rings. The van der Waals surface area contributed by atoms with E-state index in [1.54, 1.807) is 6.26 Å². The number of terminal acetylenes is 1. The number of anilines is 1. The molecule has 2 nitrogen and oxygen atoms in total. The number of rotatable bonds is 4. The van der Waals surface area contributed by atoms with Crippen LogP contribution in [0.3, 0.4) is 0 Å². The molecular formula is C17H12ClNOS. The van der Waals surface area contributed by atoms with Crippen LogP contribution in [0.5, 0.6) is 0 Å². The Balaban J connectivity index is 1.95. The average Bonchev–Trinajstić information content (AvgIpc) is 3.16. The summed E-state index contributed by atoms with van der Waals surface area (Å²) < 4.78 is 6.30. The highest BCUT2D eigenvalue weighted by Crippen LogP contribution is 2.33. The van der Waals surface area contributed by atoms with Gasteiger partial charge in [-0.3, -0.25) is 0 Å². The van der Waals surface area contributed by atoms with Crippen molar-refractivity contribution >= 4 is 28.6 Å². The molecule has 0 bridgehead atoms. The molecule has 1 unspecified atom stereocenters. The van der Waals surface area contributed by atoms with Gasteiger partial charge in [0, 0.05) is 16.1 Å². The second-order valence-corrected chi connectivity index (χ2v) is 6.21. The number of thiophene rings is 1. The number of hydrogen-bond donors (Lipinski definition) is 1. The fraction of sp³-hybridized carbons (Fsp3) is 0.0588. The molecule has 104 valence electrons. The van der Waals surface area contributed by atoms with Gasteiger partial charge in [0.1, 0.15) is 11.8 Å². The van der Waals surface area contributed by atoms with Crippen LogP contribution in [0.4, 0.5) is 5.69 Å². The zero-order valence-electron chi connectivity index (χ0n) is 11.0. The van der Waals surface area contributed by atoms with Crippen LogP contribution in [0.25, 0.3) is 0 Å². The van der Waals surface area contributed by atoms with Crippen molar-refractivity contribution in [3.8, 4) is 12.3 Å². The Morgan fingerprint density at radius 3 is 2.76 bits per heavy atom. The normalized spacial score (nSPS) is 11.8. The van der Waals surface area contributed by atoms with Crippen LogP contribution in [-0.4, -0.2) is 0 Å². The zero-order valence-corrected chi connectivity index (χ0v) is 12.6. The lowest BCUT2D eigenvalue weighted by Crippen LogP contribution is -2.10. The highest BCUT2D eigenvalue weighted by atomic mass is 35.5. The van der Waals surface area contributed by atoms with Gasteiger partial charge in [0.05, 0.1) is 10.6 Å². The first-order valence-electron chi connectivity index (χ1n) is 6.38. The maximum atomic E-state index is 6.05. The number of hydrogen-bond acceptors (Lipinski definition) is 3. The lowest BCUT2D eigenvalue weighted by Gasteiger charge is -2.16. The van der Waals surface area contributed by atoms with Gasteiger partial charge < -0.3 is 9.73 Å². The van der Waals surface area contributed by atoms with Gasteiger partial charge in [0.25, 0.3) is 0 Å². The van der Waals surface area contributed by atoms with Crippen LogP contribution < -0.4 is 5.32 Å². The molecule has 0 fully saturated rings. The molecule has 0 aliphatic heterocycles. The van der Waals surface area contributed by atoms with E-state index >= 15 is 0 Å². The Morgan fingerprint density at radius 1 is 1.19 bits per heavy atom. The van der Waals surface area contributed by atoms with E-state index in [0.29, 0.717) is 0 Å². The Bertz CT molecular complexity index is 770. The van der Waals surface area contributed by atoms with Crippen molar-refractivity contribution in [1.29, 1.82) is 0 Å². The molecule has 1 N–H and O–H groups in total. The fourth-order valence-electron chi connectivity index (χ4n) is 2.09. The molecule has 2 aromatic heterocycles. The highest BCUT2D eigenvalue weighted by Gasteiger charge is 2.18. The van der Waals surface area contributed by atoms with Gasteiger partial charge in [-0.2, -0.15) is 0 Å². The molecule has 2 heterocycles. The summed E-state index contributed by atoms with van der Waals surface area (Å²) in [6, 6.07) is 15.3. The average molecular weight is 314 g/mol. The van der Waals surface area contributed by atoms with Crippen LogP contribution in [-0.2, 0) is 0 Å². The summed E-state index contributed by atoms with van der Waals surface area (Å²) in [5.74, 6) is 3.47. The largest absolute Gasteiger partial charge is 0.467 e. The van der Waals surface area contributed by atoms with Crippen molar-refractivity contribution < 1.29 is 4.42 Å². The Labute approximate surface area is 132 Å². The minimum Gasteiger partial charge on any atom is -0.467 e. The van der Waals surface area contributed by atoms with Crippen LogP contribution in [0.2, 0.25) is 4.34 Å². The fourth-order valence-corrected chi connectivity index (χ4v) is 3.21. The highest BCUT2D eigenvalue weighted by molar-refractivity contribution is 7.16. The van der Waals surface area contributed by atoms with Gasteiger partial charge in [-0.15, -0.1) is 17.8 Å². The number of nitrogens with one attached hydrogen (secondary N) is 1. The molecule has 3 rings (SSSR count). The summed E-state index contributed by atoms with van der Waals surface area (Å²) in [6.07, 6.45) is 7.11. The molecular weight excluding hydrogens is 302 g/mol. The van der Waals surface area contributed by atoms with Crippen LogP contribution in [0, 0.1) is 12.3 Å². The predicted molar refractivity (Wildman–Crippen MR) is 87.9 cm³/mol. The third-order valence-electron chi connectivity index (χ3n) is 3.05. The smallest absolute Gasteiger partial charge is 0.131 e. The lowest BCUT2D eigenvalue weighted by atomic mass is 10.1. The first-order valence-corrected chi connectivity index (χ1v) is 7.57. The van der Waals surface area contributed by atoms with Crippen molar-refractivity contribution in [2.24, 2.45) is 0 Å². The summed E-state index contributed by atoms with van der Waals surface area (Å²) in [5, 5.41) is 3.45. The number of furan rings is 1. The topological polar surface area (TPSA) is 25.2 Å². The molecule has 0 saturated heterocycles. The maximum absolute atomic E-state index is 6.05. The molecule has 3 aromatic rings. The summed E-state index contributed by atoms with van der Waals surface area (Å²) in [4.78, 5) is 1.08. The summed E-state index contributed by atoms with van der Waals surface area (Å²) in [5.41, 5.74) is 1.78. The van der Waals surface area contributed by atoms with E-state index in [9.17, 15) is 0 Å². The van der Waals surface area contributed by atoms with Gasteiger partial charge in [0.2, 0.25) is 0 Å². The molecule has 0 saturated carbocycles. The quantitative estimate of drug-likeness (QED) is 0.672. The summed E-state index contributed by atoms with van der Waals surface area (Å²) in [7, 11) is 0. The van der Waals surface area contributed by atoms with Crippen molar-refractivity contribution in [3.05, 3.63) is 75.3 Å². The Morgan fingerprint density at radius 2 is 2.10 bits per heavy atom. The first kappa shape index (κ1) is 13.8. The third kappa shape index (κ3) is 3.13. The van der Waals surface area contributed by atoms with Crippen molar-refractivity contribution in [2.45, 2.75) is 6.04 Å². The number of halogens is 1. The van der Waals surface area contributed by atoms with E-state index in [2.05, 4.69) is 11.2 Å². The first-order chi connectivity index (χ1) is 10.3. The van der Waals surface area contributed by atoms with Crippen molar-refractivity contribution in [1.82, 2.24) is 0 Å². The second-order valence-electron chi connectivity index (χ2n) is 4.46. The van der Waals surface area contributed by atoms with Crippen LogP contribution in [0.15, 0.2) is 59.2 Å². The minimum atomic E-state index is -0.0921. The number of benzene rings is 1. The van der Waals surface area contributed by atoms with Crippen LogP contribution >= 0.6 is 22.9 Å². The van der Waals surface area contributed by atoms with E-state index in [4.69, 9.17) is 22.4 Å². The molecule has 21 heavy (non-hydrogen) atoms. The third-order valence-corrected chi connectivity index (χ3v) is 4.34. The molecule has 1 atom stereocenters. The molecule has 0 amide bonds. The predicted octanol–water partition coefficient (Wildman–Crippen LogP) is 5.18. The monoisotopic (exact) mass is 313 g/mol. The second kappa shape index (κ2) is 6.09. The van der Waals surface area contributed by atoms with Crippen LogP contribution in [0.1, 0.15) is 22.2 Å². The van der Waals surface area contributed by atoms with Gasteiger partial charge >= 0.3 is 0 Å². The summed E-state index contributed by atoms with van der Waals surface area (Å²) in [6.45, 7) is 0.